The fourth-order valence-corrected chi connectivity index (χ4v) is 10.4. The molecule has 1 aromatic heterocycles. The Morgan fingerprint density at radius 1 is 0.940 bits per heavy atom. The Balaban J connectivity index is 0.834. The first-order valence-electron chi connectivity index (χ1n) is 23.9. The van der Waals surface area contributed by atoms with E-state index in [9.17, 15) is 32.8 Å². The molecule has 4 aliphatic heterocycles. The SMILES string of the molecule is CN=CC(=CN)c1cc2c(cc1C(F)F)N(C(N)C1CN(C(C)=O)CCC1NC1CCN(C(=O)CCNCCNCCCc3ccc4c(c3)n(C)c(=O)n4C3CCC(=O)NC3=O)CC1)CCC2. The maximum atomic E-state index is 14.6. The van der Waals surface area contributed by atoms with Crippen LogP contribution in [0.15, 0.2) is 46.3 Å². The van der Waals surface area contributed by atoms with Crippen LogP contribution in [0.4, 0.5) is 14.5 Å². The lowest BCUT2D eigenvalue weighted by molar-refractivity contribution is -0.136. The lowest BCUT2D eigenvalue weighted by atomic mass is 9.85. The van der Waals surface area contributed by atoms with Crippen molar-refractivity contribution < 1.29 is 28.0 Å². The minimum atomic E-state index is -2.73. The van der Waals surface area contributed by atoms with Gasteiger partial charge in [0, 0.05) is 133 Å². The normalized spacial score (nSPS) is 21.4. The third kappa shape index (κ3) is 11.4. The molecule has 0 saturated carbocycles. The number of anilines is 1. The van der Waals surface area contributed by atoms with E-state index in [0.717, 1.165) is 74.8 Å². The minimum Gasteiger partial charge on any atom is -0.404 e. The third-order valence-corrected chi connectivity index (χ3v) is 14.1. The summed E-state index contributed by atoms with van der Waals surface area (Å²) in [4.78, 5) is 72.9. The number of allylic oxidation sites excluding steroid dienone is 1. The molecule has 8 N–H and O–H groups in total. The molecule has 3 aromatic rings. The number of hydrogen-bond donors (Lipinski definition) is 6. The van der Waals surface area contributed by atoms with Crippen LogP contribution in [-0.2, 0) is 39.1 Å². The van der Waals surface area contributed by atoms with E-state index in [1.807, 2.05) is 32.9 Å². The zero-order valence-corrected chi connectivity index (χ0v) is 39.1. The molecule has 3 fully saturated rings. The Kier molecular flexibility index (Phi) is 16.6. The minimum absolute atomic E-state index is 0.00430. The van der Waals surface area contributed by atoms with E-state index >= 15 is 0 Å². The molecular formula is C48H68F2N12O5. The summed E-state index contributed by atoms with van der Waals surface area (Å²) in [7, 11) is 3.27. The van der Waals surface area contributed by atoms with Gasteiger partial charge in [0.2, 0.25) is 23.6 Å². The molecule has 4 unspecified atom stereocenters. The molecule has 17 nitrogen and oxygen atoms in total. The number of piperidine rings is 3. The Bertz CT molecular complexity index is 2390. The van der Waals surface area contributed by atoms with E-state index in [1.165, 1.54) is 17.0 Å². The number of carbonyl (C=O) groups excluding carboxylic acids is 4. The zero-order chi connectivity index (χ0) is 47.8. The summed E-state index contributed by atoms with van der Waals surface area (Å²) in [5, 5.41) is 13.0. The van der Waals surface area contributed by atoms with Crippen molar-refractivity contribution >= 4 is 52.1 Å². The van der Waals surface area contributed by atoms with E-state index in [-0.39, 0.29) is 53.4 Å². The van der Waals surface area contributed by atoms with Crippen LogP contribution in [0.5, 0.6) is 0 Å². The highest BCUT2D eigenvalue weighted by Gasteiger charge is 2.40. The average molecular weight is 931 g/mol. The summed E-state index contributed by atoms with van der Waals surface area (Å²) in [6.07, 6.45) is 5.98. The van der Waals surface area contributed by atoms with Crippen LogP contribution in [0, 0.1) is 5.92 Å². The topological polar surface area (TPSA) is 217 Å². The van der Waals surface area contributed by atoms with Crippen molar-refractivity contribution in [2.24, 2.45) is 29.4 Å². The Morgan fingerprint density at radius 2 is 1.69 bits per heavy atom. The second-order valence-electron chi connectivity index (χ2n) is 18.4. The highest BCUT2D eigenvalue weighted by molar-refractivity contribution is 6.10. The molecule has 4 amide bonds. The number of likely N-dealkylation sites (tertiary alicyclic amines) is 2. The second kappa shape index (κ2) is 22.5. The number of imidazole rings is 1. The summed E-state index contributed by atoms with van der Waals surface area (Å²) >= 11 is 0. The van der Waals surface area contributed by atoms with Gasteiger partial charge in [-0.15, -0.1) is 0 Å². The van der Waals surface area contributed by atoms with Crippen LogP contribution in [0.2, 0.25) is 0 Å². The molecule has 2 aromatic carbocycles. The average Bonchev–Trinajstić information content (AvgIpc) is 3.56. The summed E-state index contributed by atoms with van der Waals surface area (Å²) < 4.78 is 32.2. The van der Waals surface area contributed by atoms with E-state index in [4.69, 9.17) is 11.5 Å². The standard InChI is InChI=1S/C48H68F2N12O5/c1-30(63)60-23-15-38(37(29-60)46(52)61-20-5-7-32-25-35(33(27-51)28-53-2)36(45(49)50)26-41(32)61)56-34-13-21-59(22-14-34)44(65)12-17-55-19-18-54-16-4-6-31-8-9-39-42(24-31)58(3)48(67)62(39)40-10-11-43(64)57-47(40)66/h8-9,24-28,34,37-38,40,45-46,54-56H,4-7,10-23,29,51-52H2,1-3H3,(H,57,64,66). The monoisotopic (exact) mass is 931 g/mol. The number of benzene rings is 2. The molecule has 364 valence electrons. The number of aromatic nitrogens is 2. The zero-order valence-electron chi connectivity index (χ0n) is 39.1. The molecule has 0 bridgehead atoms. The van der Waals surface area contributed by atoms with Crippen molar-refractivity contribution in [1.82, 2.24) is 40.2 Å². The molecule has 67 heavy (non-hydrogen) atoms. The smallest absolute Gasteiger partial charge is 0.329 e. The predicted molar refractivity (Wildman–Crippen MR) is 256 cm³/mol. The van der Waals surface area contributed by atoms with Crippen molar-refractivity contribution in [3.63, 3.8) is 0 Å². The molecule has 19 heteroatoms. The van der Waals surface area contributed by atoms with Crippen molar-refractivity contribution in [2.75, 3.05) is 70.9 Å². The molecular weight excluding hydrogens is 863 g/mol. The van der Waals surface area contributed by atoms with Crippen LogP contribution in [0.1, 0.15) is 93.0 Å². The van der Waals surface area contributed by atoms with Gasteiger partial charge >= 0.3 is 5.69 Å². The van der Waals surface area contributed by atoms with Gasteiger partial charge in [0.15, 0.2) is 0 Å². The summed E-state index contributed by atoms with van der Waals surface area (Å²) in [6.45, 7) is 7.41. The van der Waals surface area contributed by atoms with Gasteiger partial charge in [-0.25, -0.2) is 13.6 Å². The fraction of sp³-hybridized carbons (Fsp3) is 0.583. The first-order chi connectivity index (χ1) is 32.3. The van der Waals surface area contributed by atoms with E-state index in [0.29, 0.717) is 80.9 Å². The molecule has 3 saturated heterocycles. The maximum Gasteiger partial charge on any atom is 0.329 e. The third-order valence-electron chi connectivity index (χ3n) is 14.1. The molecule has 4 aliphatic rings. The number of fused-ring (bicyclic) bond motifs is 2. The number of nitrogens with two attached hydrogens (primary N) is 2. The maximum absolute atomic E-state index is 14.6. The highest BCUT2D eigenvalue weighted by atomic mass is 19.3. The van der Waals surface area contributed by atoms with Crippen LogP contribution >= 0.6 is 0 Å². The number of alkyl halides is 2. The number of imide groups is 1. The van der Waals surface area contributed by atoms with E-state index in [2.05, 4.69) is 26.3 Å². The van der Waals surface area contributed by atoms with Crippen LogP contribution in [-0.4, -0.2) is 133 Å². The summed E-state index contributed by atoms with van der Waals surface area (Å²) in [5.74, 6) is -0.813. The first kappa shape index (κ1) is 49.4. The van der Waals surface area contributed by atoms with Gasteiger partial charge in [-0.3, -0.25) is 38.6 Å². The number of rotatable bonds is 18. The van der Waals surface area contributed by atoms with Crippen molar-refractivity contribution in [3.05, 3.63) is 69.3 Å². The highest BCUT2D eigenvalue weighted by Crippen LogP contribution is 2.39. The lowest BCUT2D eigenvalue weighted by Crippen LogP contribution is -2.63. The number of aliphatic imine (C=N–C) groups is 1. The molecule has 4 atom stereocenters. The first-order valence-corrected chi connectivity index (χ1v) is 23.9. The quantitative estimate of drug-likeness (QED) is 0.0619. The van der Waals surface area contributed by atoms with Crippen molar-refractivity contribution in [1.29, 1.82) is 0 Å². The summed E-state index contributed by atoms with van der Waals surface area (Å²) in [5.41, 5.74) is 17.5. The molecule has 5 heterocycles. The molecule has 0 spiro atoms. The second-order valence-corrected chi connectivity index (χ2v) is 18.4. The Morgan fingerprint density at radius 3 is 2.39 bits per heavy atom. The largest absolute Gasteiger partial charge is 0.404 e. The van der Waals surface area contributed by atoms with Gasteiger partial charge in [0.1, 0.15) is 6.04 Å². The van der Waals surface area contributed by atoms with Gasteiger partial charge in [0.05, 0.1) is 17.2 Å². The number of hydrogen-bond acceptors (Lipinski definition) is 12. The summed E-state index contributed by atoms with van der Waals surface area (Å²) in [6, 6.07) is 8.68. The number of amides is 4. The van der Waals surface area contributed by atoms with E-state index < -0.39 is 24.5 Å². The van der Waals surface area contributed by atoms with Crippen molar-refractivity contribution in [3.8, 4) is 0 Å². The number of nitrogens with zero attached hydrogens (tertiary/aromatic N) is 6. The predicted octanol–water partition coefficient (Wildman–Crippen LogP) is 2.31. The molecule has 0 radical (unpaired) electrons. The number of nitrogens with one attached hydrogen (secondary N) is 4. The number of carbonyl (C=O) groups is 4. The van der Waals surface area contributed by atoms with Crippen LogP contribution in [0.3, 0.4) is 0 Å². The lowest BCUT2D eigenvalue weighted by Gasteiger charge is -2.48. The molecule has 7 rings (SSSR count). The number of aryl methyl sites for hydroxylation is 3. The van der Waals surface area contributed by atoms with Crippen molar-refractivity contribution in [2.45, 2.75) is 102 Å². The Labute approximate surface area is 390 Å². The van der Waals surface area contributed by atoms with Gasteiger partial charge in [-0.1, -0.05) is 6.07 Å². The van der Waals surface area contributed by atoms with Gasteiger partial charge in [0.25, 0.3) is 6.43 Å². The van der Waals surface area contributed by atoms with Crippen LogP contribution < -0.4 is 43.3 Å². The van der Waals surface area contributed by atoms with Gasteiger partial charge in [-0.2, -0.15) is 0 Å². The van der Waals surface area contributed by atoms with Crippen LogP contribution in [0.25, 0.3) is 16.6 Å². The van der Waals surface area contributed by atoms with Gasteiger partial charge < -0.3 is 42.1 Å². The van der Waals surface area contributed by atoms with Gasteiger partial charge in [-0.05, 0) is 98.9 Å². The fourth-order valence-electron chi connectivity index (χ4n) is 10.4. The Hall–Kier alpha value is -5.50. The van der Waals surface area contributed by atoms with E-state index in [1.54, 1.807) is 37.7 Å². The number of halogens is 2. The molecule has 0 aliphatic carbocycles.